The largest absolute Gasteiger partial charge is 0.454 e. The molecule has 3 rings (SSSR count). The van der Waals surface area contributed by atoms with Crippen LogP contribution in [-0.4, -0.2) is 16.8 Å². The van der Waals surface area contributed by atoms with Crippen LogP contribution >= 0.6 is 12.2 Å². The van der Waals surface area contributed by atoms with E-state index in [0.29, 0.717) is 28.7 Å². The Kier molecular flexibility index (Phi) is 3.39. The first kappa shape index (κ1) is 13.6. The molecule has 0 saturated heterocycles. The van der Waals surface area contributed by atoms with E-state index in [-0.39, 0.29) is 11.8 Å². The van der Waals surface area contributed by atoms with Gasteiger partial charge < -0.3 is 19.9 Å². The summed E-state index contributed by atoms with van der Waals surface area (Å²) in [4.78, 5) is 4.64. The fraction of sp³-hybridized carbons (Fsp3) is 0.200. The SMILES string of the molecule is Cc1cc(C)c(C(N)=S)c(Oc2ccc3c(c2)OCO3)n1. The van der Waals surface area contributed by atoms with Crippen LogP contribution in [0.15, 0.2) is 24.3 Å². The number of nitrogens with zero attached hydrogens (tertiary/aromatic N) is 1. The van der Waals surface area contributed by atoms with Gasteiger partial charge in [-0.2, -0.15) is 0 Å². The summed E-state index contributed by atoms with van der Waals surface area (Å²) in [6.45, 7) is 4.04. The summed E-state index contributed by atoms with van der Waals surface area (Å²) in [6.07, 6.45) is 0. The molecule has 2 aromatic rings. The van der Waals surface area contributed by atoms with Crippen LogP contribution in [0.1, 0.15) is 16.8 Å². The molecule has 0 bridgehead atoms. The van der Waals surface area contributed by atoms with Crippen molar-refractivity contribution in [1.29, 1.82) is 0 Å². The van der Waals surface area contributed by atoms with Gasteiger partial charge in [0.15, 0.2) is 11.5 Å². The highest BCUT2D eigenvalue weighted by Crippen LogP contribution is 2.37. The lowest BCUT2D eigenvalue weighted by molar-refractivity contribution is 0.174. The Morgan fingerprint density at radius 2 is 2.00 bits per heavy atom. The van der Waals surface area contributed by atoms with Gasteiger partial charge >= 0.3 is 0 Å². The minimum atomic E-state index is 0.221. The lowest BCUT2D eigenvalue weighted by atomic mass is 10.1. The zero-order chi connectivity index (χ0) is 15.0. The zero-order valence-corrected chi connectivity index (χ0v) is 12.5. The summed E-state index contributed by atoms with van der Waals surface area (Å²) in [7, 11) is 0. The maximum Gasteiger partial charge on any atom is 0.231 e. The zero-order valence-electron chi connectivity index (χ0n) is 11.7. The fourth-order valence-corrected chi connectivity index (χ4v) is 2.48. The lowest BCUT2D eigenvalue weighted by Gasteiger charge is -2.13. The number of hydrogen-bond acceptors (Lipinski definition) is 5. The highest BCUT2D eigenvalue weighted by Gasteiger charge is 2.17. The van der Waals surface area contributed by atoms with E-state index < -0.39 is 0 Å². The molecule has 2 N–H and O–H groups in total. The summed E-state index contributed by atoms with van der Waals surface area (Å²) in [5.41, 5.74) is 8.19. The summed E-state index contributed by atoms with van der Waals surface area (Å²) in [5, 5.41) is 0. The number of pyridine rings is 1. The third kappa shape index (κ3) is 2.62. The molecule has 2 heterocycles. The maximum absolute atomic E-state index is 5.84. The van der Waals surface area contributed by atoms with Crippen LogP contribution in [0, 0.1) is 13.8 Å². The number of aromatic nitrogens is 1. The molecule has 1 aliphatic rings. The van der Waals surface area contributed by atoms with Gasteiger partial charge in [0.05, 0.1) is 5.56 Å². The minimum absolute atomic E-state index is 0.221. The molecule has 21 heavy (non-hydrogen) atoms. The molecule has 108 valence electrons. The van der Waals surface area contributed by atoms with Gasteiger partial charge in [-0.3, -0.25) is 0 Å². The van der Waals surface area contributed by atoms with Crippen LogP contribution < -0.4 is 19.9 Å². The van der Waals surface area contributed by atoms with Crippen molar-refractivity contribution in [3.63, 3.8) is 0 Å². The van der Waals surface area contributed by atoms with E-state index >= 15 is 0 Å². The standard InChI is InChI=1S/C15H14N2O3S/c1-8-5-9(2)17-15(13(8)14(16)21)20-10-3-4-11-12(6-10)19-7-18-11/h3-6H,7H2,1-2H3,(H2,16,21). The highest BCUT2D eigenvalue weighted by molar-refractivity contribution is 7.80. The van der Waals surface area contributed by atoms with Gasteiger partial charge in [-0.05, 0) is 37.6 Å². The molecule has 0 fully saturated rings. The van der Waals surface area contributed by atoms with Crippen LogP contribution in [0.25, 0.3) is 0 Å². The van der Waals surface area contributed by atoms with Gasteiger partial charge in [-0.25, -0.2) is 4.98 Å². The number of nitrogens with two attached hydrogens (primary N) is 1. The van der Waals surface area contributed by atoms with Crippen LogP contribution in [-0.2, 0) is 0 Å². The van der Waals surface area contributed by atoms with Crippen LogP contribution in [0.2, 0.25) is 0 Å². The predicted octanol–water partition coefficient (Wildman–Crippen LogP) is 2.85. The number of rotatable bonds is 3. The Bertz CT molecular complexity index is 731. The van der Waals surface area contributed by atoms with Crippen LogP contribution in [0.4, 0.5) is 0 Å². The monoisotopic (exact) mass is 302 g/mol. The second kappa shape index (κ2) is 5.21. The van der Waals surface area contributed by atoms with E-state index in [0.717, 1.165) is 11.3 Å². The molecule has 0 amide bonds. The van der Waals surface area contributed by atoms with Crippen molar-refractivity contribution < 1.29 is 14.2 Å². The second-order valence-electron chi connectivity index (χ2n) is 4.74. The highest BCUT2D eigenvalue weighted by atomic mass is 32.1. The van der Waals surface area contributed by atoms with Gasteiger partial charge in [0.2, 0.25) is 12.7 Å². The van der Waals surface area contributed by atoms with E-state index in [9.17, 15) is 0 Å². The summed E-state index contributed by atoms with van der Waals surface area (Å²) >= 11 is 5.09. The Hall–Kier alpha value is -2.34. The topological polar surface area (TPSA) is 66.6 Å². The van der Waals surface area contributed by atoms with Crippen molar-refractivity contribution in [3.05, 3.63) is 41.1 Å². The van der Waals surface area contributed by atoms with Gasteiger partial charge in [0.25, 0.3) is 0 Å². The predicted molar refractivity (Wildman–Crippen MR) is 82.2 cm³/mol. The molecule has 6 heteroatoms. The molecule has 0 spiro atoms. The third-order valence-electron chi connectivity index (χ3n) is 3.12. The number of benzene rings is 1. The fourth-order valence-electron chi connectivity index (χ4n) is 2.23. The Morgan fingerprint density at radius 1 is 1.24 bits per heavy atom. The molecule has 1 aliphatic heterocycles. The third-order valence-corrected chi connectivity index (χ3v) is 3.32. The van der Waals surface area contributed by atoms with Crippen molar-refractivity contribution >= 4 is 17.2 Å². The number of hydrogen-bond donors (Lipinski definition) is 1. The number of fused-ring (bicyclic) bond motifs is 1. The van der Waals surface area contributed by atoms with Crippen molar-refractivity contribution in [1.82, 2.24) is 4.98 Å². The number of aryl methyl sites for hydroxylation is 2. The molecular weight excluding hydrogens is 288 g/mol. The normalized spacial score (nSPS) is 12.3. The van der Waals surface area contributed by atoms with Crippen molar-refractivity contribution in [2.45, 2.75) is 13.8 Å². The molecule has 0 aliphatic carbocycles. The minimum Gasteiger partial charge on any atom is -0.454 e. The van der Waals surface area contributed by atoms with Gasteiger partial charge in [0, 0.05) is 11.8 Å². The summed E-state index contributed by atoms with van der Waals surface area (Å²) < 4.78 is 16.4. The molecule has 1 aromatic heterocycles. The number of thiocarbonyl (C=S) groups is 1. The van der Waals surface area contributed by atoms with Crippen molar-refractivity contribution in [3.8, 4) is 23.1 Å². The van der Waals surface area contributed by atoms with Crippen molar-refractivity contribution in [2.75, 3.05) is 6.79 Å². The molecular formula is C15H14N2O3S. The van der Waals surface area contributed by atoms with Crippen LogP contribution in [0.5, 0.6) is 23.1 Å². The van der Waals surface area contributed by atoms with E-state index in [2.05, 4.69) is 4.98 Å². The molecule has 1 aromatic carbocycles. The average Bonchev–Trinajstić information content (AvgIpc) is 2.84. The molecule has 5 nitrogen and oxygen atoms in total. The van der Waals surface area contributed by atoms with Gasteiger partial charge in [0.1, 0.15) is 10.7 Å². The van der Waals surface area contributed by atoms with E-state index in [4.69, 9.17) is 32.2 Å². The van der Waals surface area contributed by atoms with E-state index in [1.54, 1.807) is 18.2 Å². The quantitative estimate of drug-likeness (QED) is 0.879. The van der Waals surface area contributed by atoms with E-state index in [1.165, 1.54) is 0 Å². The molecule has 0 saturated carbocycles. The summed E-state index contributed by atoms with van der Waals surface area (Å²) in [6, 6.07) is 7.25. The molecule has 0 radical (unpaired) electrons. The molecule has 0 unspecified atom stereocenters. The summed E-state index contributed by atoms with van der Waals surface area (Å²) in [5.74, 6) is 2.34. The second-order valence-corrected chi connectivity index (χ2v) is 5.18. The lowest BCUT2D eigenvalue weighted by Crippen LogP contribution is -2.14. The maximum atomic E-state index is 5.84. The van der Waals surface area contributed by atoms with E-state index in [1.807, 2.05) is 19.9 Å². The Labute approximate surface area is 127 Å². The Balaban J connectivity index is 1.99. The average molecular weight is 302 g/mol. The molecule has 0 atom stereocenters. The Morgan fingerprint density at radius 3 is 2.76 bits per heavy atom. The van der Waals surface area contributed by atoms with Crippen LogP contribution in [0.3, 0.4) is 0 Å². The van der Waals surface area contributed by atoms with Gasteiger partial charge in [-0.15, -0.1) is 0 Å². The smallest absolute Gasteiger partial charge is 0.231 e. The first-order valence-corrected chi connectivity index (χ1v) is 6.81. The number of ether oxygens (including phenoxy) is 3. The van der Waals surface area contributed by atoms with Crippen molar-refractivity contribution in [2.24, 2.45) is 5.73 Å². The first-order valence-electron chi connectivity index (χ1n) is 6.40. The first-order chi connectivity index (χ1) is 10.0. The van der Waals surface area contributed by atoms with Gasteiger partial charge in [-0.1, -0.05) is 12.2 Å².